The van der Waals surface area contributed by atoms with Gasteiger partial charge in [0.25, 0.3) is 0 Å². The molecular weight excluding hydrogens is 278 g/mol. The first-order chi connectivity index (χ1) is 8.08. The quantitative estimate of drug-likeness (QED) is 0.914. The Labute approximate surface area is 110 Å². The normalized spacial score (nSPS) is 12.7. The van der Waals surface area contributed by atoms with Gasteiger partial charge in [-0.05, 0) is 19.9 Å². The molecule has 0 saturated heterocycles. The minimum Gasteiger partial charge on any atom is -0.346 e. The van der Waals surface area contributed by atoms with E-state index in [1.807, 2.05) is 32.0 Å². The van der Waals surface area contributed by atoms with Crippen LogP contribution < -0.4 is 5.73 Å². The summed E-state index contributed by atoms with van der Waals surface area (Å²) in [6, 6.07) is 8.21. The first-order valence-electron chi connectivity index (χ1n) is 5.64. The molecule has 1 unspecified atom stereocenters. The molecule has 0 amide bonds. The molecule has 1 heterocycles. The molecule has 17 heavy (non-hydrogen) atoms. The van der Waals surface area contributed by atoms with Crippen molar-refractivity contribution in [3.05, 3.63) is 40.3 Å². The Kier molecular flexibility index (Phi) is 3.64. The first-order valence-corrected chi connectivity index (χ1v) is 6.43. The van der Waals surface area contributed by atoms with Crippen molar-refractivity contribution >= 4 is 15.9 Å². The van der Waals surface area contributed by atoms with Crippen molar-refractivity contribution in [3.63, 3.8) is 0 Å². The number of aromatic nitrogens is 2. The third-order valence-corrected chi connectivity index (χ3v) is 3.27. The minimum atomic E-state index is 0.118. The highest BCUT2D eigenvalue weighted by Gasteiger charge is 2.12. The molecule has 0 spiro atoms. The highest BCUT2D eigenvalue weighted by atomic mass is 79.9. The van der Waals surface area contributed by atoms with E-state index in [0.29, 0.717) is 0 Å². The first kappa shape index (κ1) is 12.3. The number of hydrogen-bond acceptors (Lipinski definition) is 2. The van der Waals surface area contributed by atoms with Gasteiger partial charge in [0.15, 0.2) is 0 Å². The summed E-state index contributed by atoms with van der Waals surface area (Å²) in [4.78, 5) is 7.91. The molecule has 0 aliphatic carbocycles. The second-order valence-corrected chi connectivity index (χ2v) is 5.17. The molecule has 0 radical (unpaired) electrons. The highest BCUT2D eigenvalue weighted by Crippen LogP contribution is 2.28. The average Bonchev–Trinajstić information content (AvgIpc) is 2.59. The van der Waals surface area contributed by atoms with Crippen molar-refractivity contribution in [2.75, 3.05) is 0 Å². The number of H-pyrrole nitrogens is 1. The molecule has 1 aromatic carbocycles. The molecule has 0 aliphatic rings. The Hall–Kier alpha value is -1.13. The van der Waals surface area contributed by atoms with Crippen molar-refractivity contribution in [2.24, 2.45) is 5.73 Å². The molecule has 3 N–H and O–H groups in total. The van der Waals surface area contributed by atoms with Gasteiger partial charge >= 0.3 is 0 Å². The van der Waals surface area contributed by atoms with Crippen LogP contribution in [0.3, 0.4) is 0 Å². The zero-order valence-electron chi connectivity index (χ0n) is 10.00. The average molecular weight is 294 g/mol. The maximum Gasteiger partial charge on any atom is 0.108 e. The number of halogens is 1. The Morgan fingerprint density at radius 3 is 2.76 bits per heavy atom. The summed E-state index contributed by atoms with van der Waals surface area (Å²) in [6.45, 7) is 4.02. The number of rotatable bonds is 3. The fourth-order valence-electron chi connectivity index (χ4n) is 1.84. The zero-order chi connectivity index (χ0) is 12.4. The highest BCUT2D eigenvalue weighted by molar-refractivity contribution is 9.10. The SMILES string of the molecule is Cc1[nH]c(CC(C)N)nc1-c1ccccc1Br. The van der Waals surface area contributed by atoms with Crippen LogP contribution in [-0.2, 0) is 6.42 Å². The summed E-state index contributed by atoms with van der Waals surface area (Å²) in [7, 11) is 0. The van der Waals surface area contributed by atoms with Crippen LogP contribution in [0, 0.1) is 6.92 Å². The molecule has 4 heteroatoms. The van der Waals surface area contributed by atoms with Crippen LogP contribution in [0.2, 0.25) is 0 Å². The van der Waals surface area contributed by atoms with Crippen LogP contribution in [0.5, 0.6) is 0 Å². The van der Waals surface area contributed by atoms with E-state index in [1.54, 1.807) is 0 Å². The van der Waals surface area contributed by atoms with Crippen molar-refractivity contribution in [1.82, 2.24) is 9.97 Å². The number of hydrogen-bond donors (Lipinski definition) is 2. The molecule has 2 aromatic rings. The van der Waals surface area contributed by atoms with Crippen molar-refractivity contribution in [3.8, 4) is 11.3 Å². The van der Waals surface area contributed by atoms with Crippen LogP contribution in [-0.4, -0.2) is 16.0 Å². The predicted molar refractivity (Wildman–Crippen MR) is 73.8 cm³/mol. The second-order valence-electron chi connectivity index (χ2n) is 4.32. The van der Waals surface area contributed by atoms with Gasteiger partial charge in [0.05, 0.1) is 5.69 Å². The molecule has 0 bridgehead atoms. The Bertz CT molecular complexity index is 517. The topological polar surface area (TPSA) is 54.7 Å². The summed E-state index contributed by atoms with van der Waals surface area (Å²) < 4.78 is 1.06. The number of nitrogens with one attached hydrogen (secondary N) is 1. The van der Waals surface area contributed by atoms with Gasteiger partial charge in [-0.3, -0.25) is 0 Å². The Balaban J connectivity index is 2.40. The molecule has 0 saturated carbocycles. The number of aryl methyl sites for hydroxylation is 1. The van der Waals surface area contributed by atoms with Gasteiger partial charge in [-0.25, -0.2) is 4.98 Å². The number of aromatic amines is 1. The number of nitrogens with two attached hydrogens (primary N) is 1. The smallest absolute Gasteiger partial charge is 0.108 e. The monoisotopic (exact) mass is 293 g/mol. The summed E-state index contributed by atoms with van der Waals surface area (Å²) in [5.74, 6) is 0.947. The fraction of sp³-hybridized carbons (Fsp3) is 0.308. The van der Waals surface area contributed by atoms with Gasteiger partial charge in [-0.2, -0.15) is 0 Å². The predicted octanol–water partition coefficient (Wildman–Crippen LogP) is 3.04. The number of imidazole rings is 1. The largest absolute Gasteiger partial charge is 0.346 e. The van der Waals surface area contributed by atoms with E-state index in [9.17, 15) is 0 Å². The Morgan fingerprint density at radius 1 is 1.41 bits per heavy atom. The minimum absolute atomic E-state index is 0.118. The molecule has 2 rings (SSSR count). The lowest BCUT2D eigenvalue weighted by Gasteiger charge is -2.01. The second kappa shape index (κ2) is 5.02. The zero-order valence-corrected chi connectivity index (χ0v) is 11.6. The third-order valence-electron chi connectivity index (χ3n) is 2.58. The molecule has 1 aromatic heterocycles. The van der Waals surface area contributed by atoms with Crippen molar-refractivity contribution in [2.45, 2.75) is 26.3 Å². The maximum absolute atomic E-state index is 5.78. The van der Waals surface area contributed by atoms with Crippen LogP contribution in [0.1, 0.15) is 18.4 Å². The van der Waals surface area contributed by atoms with Crippen LogP contribution in [0.15, 0.2) is 28.7 Å². The van der Waals surface area contributed by atoms with E-state index in [4.69, 9.17) is 5.73 Å². The van der Waals surface area contributed by atoms with Crippen molar-refractivity contribution in [1.29, 1.82) is 0 Å². The standard InChI is InChI=1S/C13H16BrN3/c1-8(15)7-12-16-9(2)13(17-12)10-5-3-4-6-11(10)14/h3-6,8H,7,15H2,1-2H3,(H,16,17). The molecule has 90 valence electrons. The summed E-state index contributed by atoms with van der Waals surface area (Å²) >= 11 is 3.55. The van der Waals surface area contributed by atoms with Gasteiger partial charge in [0.2, 0.25) is 0 Å². The van der Waals surface area contributed by atoms with Gasteiger partial charge < -0.3 is 10.7 Å². The van der Waals surface area contributed by atoms with Gasteiger partial charge in [-0.1, -0.05) is 34.1 Å². The summed E-state index contributed by atoms with van der Waals surface area (Å²) in [6.07, 6.45) is 0.769. The molecule has 1 atom stereocenters. The molecule has 3 nitrogen and oxygen atoms in total. The number of benzene rings is 1. The van der Waals surface area contributed by atoms with E-state index in [-0.39, 0.29) is 6.04 Å². The van der Waals surface area contributed by atoms with E-state index in [0.717, 1.165) is 33.7 Å². The van der Waals surface area contributed by atoms with Crippen LogP contribution in [0.25, 0.3) is 11.3 Å². The summed E-state index contributed by atoms with van der Waals surface area (Å²) in [5, 5.41) is 0. The molecule has 0 aliphatic heterocycles. The van der Waals surface area contributed by atoms with Crippen LogP contribution >= 0.6 is 15.9 Å². The van der Waals surface area contributed by atoms with Gasteiger partial charge in [0.1, 0.15) is 5.82 Å². The third kappa shape index (κ3) is 2.76. The van der Waals surface area contributed by atoms with E-state index < -0.39 is 0 Å². The van der Waals surface area contributed by atoms with Gasteiger partial charge in [0, 0.05) is 28.2 Å². The van der Waals surface area contributed by atoms with Gasteiger partial charge in [-0.15, -0.1) is 0 Å². The van der Waals surface area contributed by atoms with E-state index in [1.165, 1.54) is 0 Å². The lowest BCUT2D eigenvalue weighted by atomic mass is 10.1. The molecule has 0 fully saturated rings. The van der Waals surface area contributed by atoms with Crippen molar-refractivity contribution < 1.29 is 0 Å². The van der Waals surface area contributed by atoms with E-state index in [2.05, 4.69) is 32.0 Å². The lowest BCUT2D eigenvalue weighted by molar-refractivity contribution is 0.709. The number of nitrogens with zero attached hydrogens (tertiary/aromatic N) is 1. The Morgan fingerprint density at radius 2 is 2.12 bits per heavy atom. The molecular formula is C13H16BrN3. The van der Waals surface area contributed by atoms with Crippen LogP contribution in [0.4, 0.5) is 0 Å². The van der Waals surface area contributed by atoms with E-state index >= 15 is 0 Å². The summed E-state index contributed by atoms with van der Waals surface area (Å²) in [5.41, 5.74) is 8.96. The fourth-order valence-corrected chi connectivity index (χ4v) is 2.31. The lowest BCUT2D eigenvalue weighted by Crippen LogP contribution is -2.18. The maximum atomic E-state index is 5.78.